The van der Waals surface area contributed by atoms with Crippen molar-refractivity contribution in [3.05, 3.63) is 58.2 Å². The summed E-state index contributed by atoms with van der Waals surface area (Å²) in [6, 6.07) is 8.57. The van der Waals surface area contributed by atoms with Crippen molar-refractivity contribution in [1.29, 1.82) is 0 Å². The fraction of sp³-hybridized carbons (Fsp3) is 0.357. The van der Waals surface area contributed by atoms with E-state index in [1.54, 1.807) is 42.5 Å². The number of halogens is 3. The smallest absolute Gasteiger partial charge is 0.292 e. The number of benzene rings is 1. The SMILES string of the molecule is O=C(c1ccccc1)C12C=CC3(C(Cl)(Cl)Cl)SC3C1([N+](=O)[O-])S2. The van der Waals surface area contributed by atoms with Gasteiger partial charge in [-0.15, -0.1) is 11.8 Å². The second-order valence-electron chi connectivity index (χ2n) is 5.61. The minimum atomic E-state index is -1.66. The summed E-state index contributed by atoms with van der Waals surface area (Å²) in [6.07, 6.45) is 3.23. The number of hydrogen-bond acceptors (Lipinski definition) is 5. The summed E-state index contributed by atoms with van der Waals surface area (Å²) < 4.78 is -3.81. The fourth-order valence-corrected chi connectivity index (χ4v) is 7.70. The minimum Gasteiger partial charge on any atom is -0.292 e. The van der Waals surface area contributed by atoms with E-state index in [-0.39, 0.29) is 5.78 Å². The van der Waals surface area contributed by atoms with Crippen LogP contribution in [0.5, 0.6) is 0 Å². The first-order chi connectivity index (χ1) is 10.7. The van der Waals surface area contributed by atoms with Crippen molar-refractivity contribution < 1.29 is 9.72 Å². The molecule has 0 radical (unpaired) electrons. The Hall–Kier alpha value is -0.400. The largest absolute Gasteiger partial charge is 0.307 e. The lowest BCUT2D eigenvalue weighted by Gasteiger charge is -2.25. The number of hydrogen-bond donors (Lipinski definition) is 0. The maximum Gasteiger partial charge on any atom is 0.307 e. The molecule has 2 saturated heterocycles. The molecule has 23 heavy (non-hydrogen) atoms. The van der Waals surface area contributed by atoms with Crippen LogP contribution in [-0.2, 0) is 0 Å². The highest BCUT2D eigenvalue weighted by Crippen LogP contribution is 2.84. The lowest BCUT2D eigenvalue weighted by atomic mass is 9.81. The molecule has 4 unspecified atom stereocenters. The predicted octanol–water partition coefficient (Wildman–Crippen LogP) is 4.12. The van der Waals surface area contributed by atoms with Gasteiger partial charge in [0, 0.05) is 10.5 Å². The van der Waals surface area contributed by atoms with Gasteiger partial charge in [0.15, 0.2) is 10.5 Å². The van der Waals surface area contributed by atoms with Gasteiger partial charge < -0.3 is 0 Å². The lowest BCUT2D eigenvalue weighted by Crippen LogP contribution is -2.49. The van der Waals surface area contributed by atoms with E-state index < -0.39 is 28.3 Å². The van der Waals surface area contributed by atoms with E-state index >= 15 is 0 Å². The van der Waals surface area contributed by atoms with Crippen LogP contribution in [0.3, 0.4) is 0 Å². The zero-order chi connectivity index (χ0) is 16.7. The van der Waals surface area contributed by atoms with Gasteiger partial charge in [-0.05, 0) is 11.8 Å². The average Bonchev–Trinajstić information content (AvgIpc) is 3.36. The molecule has 0 amide bonds. The molecule has 2 aliphatic heterocycles. The van der Waals surface area contributed by atoms with Gasteiger partial charge in [-0.1, -0.05) is 77.3 Å². The van der Waals surface area contributed by atoms with Gasteiger partial charge in [0.25, 0.3) is 0 Å². The van der Waals surface area contributed by atoms with E-state index in [0.29, 0.717) is 5.56 Å². The molecule has 2 heterocycles. The van der Waals surface area contributed by atoms with Crippen molar-refractivity contribution in [3.8, 4) is 0 Å². The first-order valence-electron chi connectivity index (χ1n) is 6.61. The van der Waals surface area contributed by atoms with E-state index in [2.05, 4.69) is 0 Å². The van der Waals surface area contributed by atoms with Crippen LogP contribution in [0.2, 0.25) is 0 Å². The Balaban J connectivity index is 1.81. The normalized spacial score (nSPS) is 40.0. The van der Waals surface area contributed by atoms with Crippen LogP contribution in [0.1, 0.15) is 10.4 Å². The monoisotopic (exact) mass is 407 g/mol. The summed E-state index contributed by atoms with van der Waals surface area (Å²) >= 11 is 20.4. The van der Waals surface area contributed by atoms with E-state index in [9.17, 15) is 14.9 Å². The predicted molar refractivity (Wildman–Crippen MR) is 94.4 cm³/mol. The van der Waals surface area contributed by atoms with Crippen LogP contribution < -0.4 is 0 Å². The fourth-order valence-electron chi connectivity index (χ4n) is 3.19. The van der Waals surface area contributed by atoms with Crippen molar-refractivity contribution in [2.75, 3.05) is 0 Å². The Morgan fingerprint density at radius 1 is 1.22 bits per heavy atom. The van der Waals surface area contributed by atoms with E-state index in [4.69, 9.17) is 34.8 Å². The molecule has 3 aliphatic rings. The number of carbonyl (C=O) groups excluding carboxylic acids is 1. The third kappa shape index (κ3) is 1.82. The number of fused-ring (bicyclic) bond motifs is 3. The van der Waals surface area contributed by atoms with Crippen LogP contribution in [0.15, 0.2) is 42.5 Å². The van der Waals surface area contributed by atoms with Gasteiger partial charge in [-0.25, -0.2) is 0 Å². The Labute approximate surface area is 155 Å². The maximum atomic E-state index is 12.9. The summed E-state index contributed by atoms with van der Waals surface area (Å²) in [5.74, 6) is -0.276. The Morgan fingerprint density at radius 2 is 1.87 bits per heavy atom. The van der Waals surface area contributed by atoms with Gasteiger partial charge in [0.05, 0.1) is 0 Å². The number of ketones is 1. The van der Waals surface area contributed by atoms with E-state index in [1.165, 1.54) is 11.8 Å². The van der Waals surface area contributed by atoms with Crippen LogP contribution >= 0.6 is 58.3 Å². The summed E-state index contributed by atoms with van der Waals surface area (Å²) in [6.45, 7) is 0. The number of Topliss-reactive ketones (excluding diaryl/α,β-unsaturated/α-hetero) is 1. The van der Waals surface area contributed by atoms with Gasteiger partial charge in [-0.3, -0.25) is 14.9 Å². The van der Waals surface area contributed by atoms with Gasteiger partial charge in [0.2, 0.25) is 3.79 Å². The van der Waals surface area contributed by atoms with Crippen LogP contribution in [0.4, 0.5) is 0 Å². The molecule has 0 aromatic heterocycles. The molecule has 120 valence electrons. The molecular formula is C14H8Cl3NO3S2. The number of nitrogens with zero attached hydrogens (tertiary/aromatic N) is 1. The first kappa shape index (κ1) is 16.1. The molecular weight excluding hydrogens is 401 g/mol. The number of thioether (sulfide) groups is 2. The molecule has 1 aromatic carbocycles. The van der Waals surface area contributed by atoms with Crippen molar-refractivity contribution in [2.24, 2.45) is 0 Å². The highest BCUT2D eigenvalue weighted by atomic mass is 35.6. The zero-order valence-corrected chi connectivity index (χ0v) is 15.1. The molecule has 0 spiro atoms. The van der Waals surface area contributed by atoms with Crippen molar-refractivity contribution >= 4 is 64.1 Å². The molecule has 0 saturated carbocycles. The second kappa shape index (κ2) is 4.61. The highest BCUT2D eigenvalue weighted by Gasteiger charge is 2.96. The first-order valence-corrected chi connectivity index (χ1v) is 9.44. The summed E-state index contributed by atoms with van der Waals surface area (Å²) in [5, 5.41) is 11.3. The number of alkyl halides is 3. The summed E-state index contributed by atoms with van der Waals surface area (Å²) in [4.78, 5) is 22.9. The molecule has 4 nitrogen and oxygen atoms in total. The van der Waals surface area contributed by atoms with Crippen LogP contribution in [-0.4, -0.2) is 34.1 Å². The molecule has 1 aliphatic carbocycles. The molecule has 0 bridgehead atoms. The third-order valence-corrected chi connectivity index (χ3v) is 9.42. The maximum absolute atomic E-state index is 12.9. The summed E-state index contributed by atoms with van der Waals surface area (Å²) in [5.41, 5.74) is 0.445. The lowest BCUT2D eigenvalue weighted by molar-refractivity contribution is -0.526. The molecule has 2 fully saturated rings. The molecule has 0 N–H and O–H groups in total. The topological polar surface area (TPSA) is 60.2 Å². The molecule has 1 aromatic rings. The van der Waals surface area contributed by atoms with Crippen molar-refractivity contribution in [2.45, 2.75) is 23.4 Å². The zero-order valence-electron chi connectivity index (χ0n) is 11.2. The number of nitro groups is 1. The Morgan fingerprint density at radius 3 is 2.43 bits per heavy atom. The minimum absolute atomic E-state index is 0.276. The van der Waals surface area contributed by atoms with Gasteiger partial charge >= 0.3 is 4.87 Å². The van der Waals surface area contributed by atoms with E-state index in [1.807, 2.05) is 0 Å². The van der Waals surface area contributed by atoms with Gasteiger partial charge in [-0.2, -0.15) is 0 Å². The molecule has 4 rings (SSSR count). The third-order valence-electron chi connectivity index (χ3n) is 4.46. The number of carbonyl (C=O) groups is 1. The second-order valence-corrected chi connectivity index (χ2v) is 10.7. The quantitative estimate of drug-likeness (QED) is 0.188. The Kier molecular flexibility index (Phi) is 3.22. The average molecular weight is 409 g/mol. The van der Waals surface area contributed by atoms with E-state index in [0.717, 1.165) is 11.8 Å². The van der Waals surface area contributed by atoms with Crippen LogP contribution in [0.25, 0.3) is 0 Å². The standard InChI is InChI=1S/C14H8Cl3NO3S2/c15-14(16,17)12-7-6-11(9(19)8-4-2-1-3-5-8)13(23-11,18(20)21)10(12)22-12/h1-7,10H. The van der Waals surface area contributed by atoms with Crippen LogP contribution in [0, 0.1) is 10.1 Å². The van der Waals surface area contributed by atoms with Crippen molar-refractivity contribution in [1.82, 2.24) is 0 Å². The number of rotatable bonds is 3. The van der Waals surface area contributed by atoms with Gasteiger partial charge in [0.1, 0.15) is 10.00 Å². The molecule has 4 atom stereocenters. The summed E-state index contributed by atoms with van der Waals surface area (Å²) in [7, 11) is 0. The molecule has 9 heteroatoms. The highest BCUT2D eigenvalue weighted by molar-refractivity contribution is 8.15. The van der Waals surface area contributed by atoms with Crippen molar-refractivity contribution in [3.63, 3.8) is 0 Å². The Bertz CT molecular complexity index is 768.